The minimum Gasteiger partial charge on any atom is -0.373 e. The summed E-state index contributed by atoms with van der Waals surface area (Å²) in [5, 5.41) is 15.5. The Balaban J connectivity index is 1.84. The van der Waals surface area contributed by atoms with Gasteiger partial charge in [-0.2, -0.15) is 5.26 Å². The first-order chi connectivity index (χ1) is 16.1. The van der Waals surface area contributed by atoms with Crippen LogP contribution < -0.4 is 16.1 Å². The largest absolute Gasteiger partial charge is 0.373 e. The molecule has 0 fully saturated rings. The van der Waals surface area contributed by atoms with Gasteiger partial charge < -0.3 is 20.8 Å². The summed E-state index contributed by atoms with van der Waals surface area (Å²) in [5.41, 5.74) is 8.10. The summed E-state index contributed by atoms with van der Waals surface area (Å²) < 4.78 is 7.39. The number of benzene rings is 1. The number of hydrogen-bond donors (Lipinski definition) is 3. The van der Waals surface area contributed by atoms with Gasteiger partial charge in [0.25, 0.3) is 0 Å². The molecule has 0 aliphatic rings. The van der Waals surface area contributed by atoms with E-state index in [0.717, 1.165) is 34.6 Å². The SMILES string of the molecule is C=C/C=C\C/C=C\COCc1ccc(N/C(C)=C(\C#N)CNn2cc(C)c(NC=O)c2)cc1. The van der Waals surface area contributed by atoms with E-state index in [2.05, 4.69) is 34.8 Å². The molecule has 0 aliphatic heterocycles. The van der Waals surface area contributed by atoms with Gasteiger partial charge >= 0.3 is 0 Å². The summed E-state index contributed by atoms with van der Waals surface area (Å²) in [6.07, 6.45) is 14.9. The molecule has 1 aromatic carbocycles. The Morgan fingerprint density at radius 3 is 2.70 bits per heavy atom. The highest BCUT2D eigenvalue weighted by molar-refractivity contribution is 5.72. The lowest BCUT2D eigenvalue weighted by Gasteiger charge is -2.12. The van der Waals surface area contributed by atoms with Crippen LogP contribution in [0.4, 0.5) is 11.4 Å². The van der Waals surface area contributed by atoms with Gasteiger partial charge in [-0.05, 0) is 43.5 Å². The first-order valence-corrected chi connectivity index (χ1v) is 10.7. The summed E-state index contributed by atoms with van der Waals surface area (Å²) in [4.78, 5) is 10.6. The van der Waals surface area contributed by atoms with Crippen molar-refractivity contribution >= 4 is 17.8 Å². The van der Waals surface area contributed by atoms with Gasteiger partial charge in [-0.1, -0.05) is 49.1 Å². The van der Waals surface area contributed by atoms with Crippen LogP contribution in [0.25, 0.3) is 0 Å². The minimum atomic E-state index is 0.340. The highest BCUT2D eigenvalue weighted by Gasteiger charge is 2.06. The quantitative estimate of drug-likeness (QED) is 0.125. The van der Waals surface area contributed by atoms with Crippen LogP contribution in [-0.2, 0) is 16.1 Å². The zero-order chi connectivity index (χ0) is 23.9. The maximum Gasteiger partial charge on any atom is 0.211 e. The Labute approximate surface area is 195 Å². The molecule has 0 atom stereocenters. The third-order valence-corrected chi connectivity index (χ3v) is 4.75. The summed E-state index contributed by atoms with van der Waals surface area (Å²) in [6, 6.07) is 10.2. The minimum absolute atomic E-state index is 0.340. The Kier molecular flexibility index (Phi) is 10.8. The van der Waals surface area contributed by atoms with Crippen LogP contribution in [0, 0.1) is 18.3 Å². The summed E-state index contributed by atoms with van der Waals surface area (Å²) >= 11 is 0. The smallest absolute Gasteiger partial charge is 0.211 e. The van der Waals surface area contributed by atoms with Crippen molar-refractivity contribution in [3.05, 3.63) is 96.0 Å². The van der Waals surface area contributed by atoms with Gasteiger partial charge in [0.15, 0.2) is 0 Å². The van der Waals surface area contributed by atoms with E-state index in [9.17, 15) is 10.1 Å². The molecule has 0 bridgehead atoms. The lowest BCUT2D eigenvalue weighted by atomic mass is 10.2. The van der Waals surface area contributed by atoms with E-state index >= 15 is 0 Å². The van der Waals surface area contributed by atoms with Crippen LogP contribution >= 0.6 is 0 Å². The second kappa shape index (κ2) is 14.1. The average molecular weight is 446 g/mol. The van der Waals surface area contributed by atoms with Gasteiger partial charge in [0, 0.05) is 23.8 Å². The van der Waals surface area contributed by atoms with E-state index in [-0.39, 0.29) is 0 Å². The molecule has 0 saturated carbocycles. The molecule has 0 unspecified atom stereocenters. The van der Waals surface area contributed by atoms with E-state index in [1.807, 2.05) is 62.5 Å². The number of nitriles is 1. The number of nitrogens with one attached hydrogen (secondary N) is 3. The van der Waals surface area contributed by atoms with Crippen molar-refractivity contribution in [1.82, 2.24) is 4.68 Å². The summed E-state index contributed by atoms with van der Waals surface area (Å²) in [5.74, 6) is 0. The van der Waals surface area contributed by atoms with Gasteiger partial charge in [0.1, 0.15) is 0 Å². The molecule has 0 radical (unpaired) electrons. The topological polar surface area (TPSA) is 91.1 Å². The lowest BCUT2D eigenvalue weighted by Crippen LogP contribution is -2.17. The first kappa shape index (κ1) is 25.2. The highest BCUT2D eigenvalue weighted by Crippen LogP contribution is 2.16. The number of hydrogen-bond acceptors (Lipinski definition) is 5. The van der Waals surface area contributed by atoms with Crippen LogP contribution in [0.2, 0.25) is 0 Å². The van der Waals surface area contributed by atoms with Crippen LogP contribution in [0.3, 0.4) is 0 Å². The van der Waals surface area contributed by atoms with Gasteiger partial charge in [0.05, 0.1) is 37.1 Å². The molecule has 0 spiro atoms. The molecule has 0 aliphatic carbocycles. The van der Waals surface area contributed by atoms with E-state index in [1.54, 1.807) is 16.9 Å². The van der Waals surface area contributed by atoms with Crippen molar-refractivity contribution in [2.24, 2.45) is 0 Å². The van der Waals surface area contributed by atoms with Crippen molar-refractivity contribution in [3.8, 4) is 6.07 Å². The number of rotatable bonds is 14. The Bertz CT molecular complexity index is 1040. The Morgan fingerprint density at radius 1 is 1.21 bits per heavy atom. The number of aryl methyl sites for hydroxylation is 1. The molecule has 1 amide bonds. The number of amides is 1. The van der Waals surface area contributed by atoms with Crippen LogP contribution in [-0.4, -0.2) is 24.2 Å². The molecule has 3 N–H and O–H groups in total. The third-order valence-electron chi connectivity index (χ3n) is 4.75. The van der Waals surface area contributed by atoms with Crippen LogP contribution in [0.15, 0.2) is 84.9 Å². The fraction of sp³-hybridized carbons (Fsp3) is 0.231. The van der Waals surface area contributed by atoms with E-state index in [4.69, 9.17) is 4.74 Å². The fourth-order valence-corrected chi connectivity index (χ4v) is 2.93. The zero-order valence-corrected chi connectivity index (χ0v) is 19.2. The molecule has 7 nitrogen and oxygen atoms in total. The van der Waals surface area contributed by atoms with Crippen molar-refractivity contribution in [2.75, 3.05) is 29.2 Å². The fourth-order valence-electron chi connectivity index (χ4n) is 2.93. The number of nitrogens with zero attached hydrogens (tertiary/aromatic N) is 2. The number of aromatic nitrogens is 1. The van der Waals surface area contributed by atoms with Crippen LogP contribution in [0.5, 0.6) is 0 Å². The zero-order valence-electron chi connectivity index (χ0n) is 19.2. The molecule has 2 aromatic rings. The lowest BCUT2D eigenvalue weighted by molar-refractivity contribution is -0.105. The number of carbonyl (C=O) groups is 1. The standard InChI is InChI=1S/C26H31N5O2/c1-4-5-6-7-8-9-14-33-19-23-10-12-25(13-11-23)30-22(3)24(15-27)16-29-31-17-21(2)26(18-31)28-20-32/h4-6,8-13,17-18,20,29-30H,1,7,14,16,19H2,2-3H3,(H,28,32)/b6-5-,9-8-,24-22+. The number of allylic oxidation sites excluding steroid dienone is 5. The maximum atomic E-state index is 10.6. The number of anilines is 2. The molecule has 172 valence electrons. The predicted molar refractivity (Wildman–Crippen MR) is 134 cm³/mol. The first-order valence-electron chi connectivity index (χ1n) is 10.7. The summed E-state index contributed by atoms with van der Waals surface area (Å²) in [6.45, 7) is 8.84. The predicted octanol–water partition coefficient (Wildman–Crippen LogP) is 5.02. The maximum absolute atomic E-state index is 10.6. The van der Waals surface area contributed by atoms with Gasteiger partial charge in [-0.3, -0.25) is 9.47 Å². The van der Waals surface area contributed by atoms with Crippen molar-refractivity contribution in [3.63, 3.8) is 0 Å². The van der Waals surface area contributed by atoms with E-state index in [0.29, 0.717) is 31.7 Å². The average Bonchev–Trinajstić information content (AvgIpc) is 3.16. The summed E-state index contributed by atoms with van der Waals surface area (Å²) in [7, 11) is 0. The Hall–Kier alpha value is -4.02. The second-order valence-corrected chi connectivity index (χ2v) is 7.28. The molecular weight excluding hydrogens is 414 g/mol. The van der Waals surface area contributed by atoms with Gasteiger partial charge in [-0.25, -0.2) is 0 Å². The van der Waals surface area contributed by atoms with Gasteiger partial charge in [-0.15, -0.1) is 0 Å². The normalized spacial score (nSPS) is 11.8. The number of carbonyl (C=O) groups excluding carboxylic acids is 1. The molecule has 1 heterocycles. The van der Waals surface area contributed by atoms with Crippen LogP contribution in [0.1, 0.15) is 24.5 Å². The molecule has 33 heavy (non-hydrogen) atoms. The third kappa shape index (κ3) is 8.93. The molecule has 2 rings (SSSR count). The monoisotopic (exact) mass is 445 g/mol. The molecule has 0 saturated heterocycles. The highest BCUT2D eigenvalue weighted by atomic mass is 16.5. The Morgan fingerprint density at radius 2 is 2.00 bits per heavy atom. The van der Waals surface area contributed by atoms with E-state index < -0.39 is 0 Å². The van der Waals surface area contributed by atoms with Crippen molar-refractivity contribution < 1.29 is 9.53 Å². The molecular formula is C26H31N5O2. The van der Waals surface area contributed by atoms with Crippen molar-refractivity contribution in [2.45, 2.75) is 26.9 Å². The molecule has 7 heteroatoms. The van der Waals surface area contributed by atoms with E-state index in [1.165, 1.54) is 0 Å². The van der Waals surface area contributed by atoms with Gasteiger partial charge in [0.2, 0.25) is 6.41 Å². The number of ether oxygens (including phenoxy) is 1. The second-order valence-electron chi connectivity index (χ2n) is 7.28. The molecule has 1 aromatic heterocycles. The van der Waals surface area contributed by atoms with Crippen molar-refractivity contribution in [1.29, 1.82) is 5.26 Å².